The second-order valence-corrected chi connectivity index (χ2v) is 4.29. The molecule has 0 aromatic rings. The molecule has 1 rings (SSSR count). The third-order valence-corrected chi connectivity index (χ3v) is 2.55. The van der Waals surface area contributed by atoms with E-state index in [0.29, 0.717) is 12.2 Å². The number of rotatable bonds is 5. The molecule has 1 aliphatic rings. The third kappa shape index (κ3) is 4.94. The van der Waals surface area contributed by atoms with Crippen molar-refractivity contribution in [3.05, 3.63) is 0 Å². The Balaban J connectivity index is 1.96. The van der Waals surface area contributed by atoms with Gasteiger partial charge in [-0.2, -0.15) is 0 Å². The van der Waals surface area contributed by atoms with E-state index >= 15 is 0 Å². The average molecular weight is 201 g/mol. The lowest BCUT2D eigenvalue weighted by atomic mass is 10.1. The Bertz CT molecular complexity index is 142. The second-order valence-electron chi connectivity index (χ2n) is 4.29. The van der Waals surface area contributed by atoms with Crippen molar-refractivity contribution in [2.75, 3.05) is 33.4 Å². The van der Waals surface area contributed by atoms with Crippen LogP contribution in [0.5, 0.6) is 0 Å². The SMILES string of the molecule is CC(C)OCCOC1CCN(C)CC1. The summed E-state index contributed by atoms with van der Waals surface area (Å²) in [6, 6.07) is 0. The van der Waals surface area contributed by atoms with Gasteiger partial charge in [0.05, 0.1) is 25.4 Å². The van der Waals surface area contributed by atoms with Gasteiger partial charge in [0.15, 0.2) is 0 Å². The predicted octanol–water partition coefficient (Wildman–Crippen LogP) is 1.52. The van der Waals surface area contributed by atoms with Crippen molar-refractivity contribution in [3.8, 4) is 0 Å². The number of ether oxygens (including phenoxy) is 2. The van der Waals surface area contributed by atoms with Gasteiger partial charge >= 0.3 is 0 Å². The van der Waals surface area contributed by atoms with Crippen LogP contribution in [0.3, 0.4) is 0 Å². The molecule has 14 heavy (non-hydrogen) atoms. The summed E-state index contributed by atoms with van der Waals surface area (Å²) in [6.07, 6.45) is 3.11. The standard InChI is InChI=1S/C11H23NO2/c1-10(2)13-8-9-14-11-4-6-12(3)7-5-11/h10-11H,4-9H2,1-3H3. The molecule has 3 nitrogen and oxygen atoms in total. The molecule has 0 amide bonds. The Morgan fingerprint density at radius 3 is 2.43 bits per heavy atom. The maximum atomic E-state index is 5.73. The Morgan fingerprint density at radius 1 is 1.21 bits per heavy atom. The molecule has 0 saturated carbocycles. The van der Waals surface area contributed by atoms with Crippen LogP contribution in [0.4, 0.5) is 0 Å². The zero-order valence-electron chi connectivity index (χ0n) is 9.66. The van der Waals surface area contributed by atoms with Gasteiger partial charge in [-0.05, 0) is 33.7 Å². The third-order valence-electron chi connectivity index (χ3n) is 2.55. The Hall–Kier alpha value is -0.120. The second kappa shape index (κ2) is 6.38. The minimum absolute atomic E-state index is 0.316. The van der Waals surface area contributed by atoms with Crippen LogP contribution in [0.2, 0.25) is 0 Å². The first-order chi connectivity index (χ1) is 6.68. The highest BCUT2D eigenvalue weighted by molar-refractivity contribution is 4.69. The van der Waals surface area contributed by atoms with Crippen molar-refractivity contribution in [2.24, 2.45) is 0 Å². The fourth-order valence-corrected chi connectivity index (χ4v) is 1.65. The van der Waals surface area contributed by atoms with Crippen LogP contribution in [0.1, 0.15) is 26.7 Å². The Labute approximate surface area is 87.4 Å². The van der Waals surface area contributed by atoms with E-state index in [-0.39, 0.29) is 0 Å². The maximum absolute atomic E-state index is 5.73. The molecule has 0 aromatic heterocycles. The van der Waals surface area contributed by atoms with Gasteiger partial charge in [0, 0.05) is 13.1 Å². The van der Waals surface area contributed by atoms with Gasteiger partial charge in [-0.1, -0.05) is 0 Å². The van der Waals surface area contributed by atoms with Gasteiger partial charge in [0.1, 0.15) is 0 Å². The highest BCUT2D eigenvalue weighted by Crippen LogP contribution is 2.11. The minimum Gasteiger partial charge on any atom is -0.376 e. The molecule has 0 aliphatic carbocycles. The Kier molecular flexibility index (Phi) is 5.45. The first-order valence-corrected chi connectivity index (χ1v) is 5.60. The van der Waals surface area contributed by atoms with Crippen LogP contribution in [-0.4, -0.2) is 50.5 Å². The van der Waals surface area contributed by atoms with E-state index in [1.54, 1.807) is 0 Å². The van der Waals surface area contributed by atoms with Crippen molar-refractivity contribution in [1.29, 1.82) is 0 Å². The van der Waals surface area contributed by atoms with E-state index in [1.807, 2.05) is 0 Å². The topological polar surface area (TPSA) is 21.7 Å². The largest absolute Gasteiger partial charge is 0.376 e. The van der Waals surface area contributed by atoms with Crippen molar-refractivity contribution in [3.63, 3.8) is 0 Å². The highest BCUT2D eigenvalue weighted by atomic mass is 16.5. The fraction of sp³-hybridized carbons (Fsp3) is 1.00. The summed E-state index contributed by atoms with van der Waals surface area (Å²) in [6.45, 7) is 7.90. The number of hydrogen-bond donors (Lipinski definition) is 0. The number of nitrogens with zero attached hydrogens (tertiary/aromatic N) is 1. The van der Waals surface area contributed by atoms with Crippen molar-refractivity contribution in [1.82, 2.24) is 4.90 Å². The molecule has 0 N–H and O–H groups in total. The van der Waals surface area contributed by atoms with Crippen molar-refractivity contribution >= 4 is 0 Å². The molecule has 0 atom stereocenters. The van der Waals surface area contributed by atoms with Gasteiger partial charge in [0.25, 0.3) is 0 Å². The van der Waals surface area contributed by atoms with Crippen LogP contribution in [-0.2, 0) is 9.47 Å². The normalized spacial score (nSPS) is 20.6. The molecular weight excluding hydrogens is 178 g/mol. The van der Waals surface area contributed by atoms with E-state index in [9.17, 15) is 0 Å². The van der Waals surface area contributed by atoms with Gasteiger partial charge in [0.2, 0.25) is 0 Å². The van der Waals surface area contributed by atoms with Gasteiger partial charge in [-0.15, -0.1) is 0 Å². The van der Waals surface area contributed by atoms with Crippen LogP contribution in [0.25, 0.3) is 0 Å². The van der Waals surface area contributed by atoms with Crippen LogP contribution < -0.4 is 0 Å². The van der Waals surface area contributed by atoms with Crippen LogP contribution in [0.15, 0.2) is 0 Å². The summed E-state index contributed by atoms with van der Waals surface area (Å²) < 4.78 is 11.1. The van der Waals surface area contributed by atoms with Crippen molar-refractivity contribution in [2.45, 2.75) is 38.9 Å². The molecule has 1 saturated heterocycles. The Morgan fingerprint density at radius 2 is 1.86 bits per heavy atom. The van der Waals surface area contributed by atoms with E-state index in [4.69, 9.17) is 9.47 Å². The number of hydrogen-bond acceptors (Lipinski definition) is 3. The first-order valence-electron chi connectivity index (χ1n) is 5.60. The van der Waals surface area contributed by atoms with Crippen LogP contribution in [0, 0.1) is 0 Å². The molecule has 1 aliphatic heterocycles. The van der Waals surface area contributed by atoms with Gasteiger partial charge in [-0.25, -0.2) is 0 Å². The summed E-state index contributed by atoms with van der Waals surface area (Å²) in [5, 5.41) is 0. The summed E-state index contributed by atoms with van der Waals surface area (Å²) in [5.74, 6) is 0. The summed E-state index contributed by atoms with van der Waals surface area (Å²) in [5.41, 5.74) is 0. The molecule has 1 fully saturated rings. The lowest BCUT2D eigenvalue weighted by Gasteiger charge is -2.28. The average Bonchev–Trinajstić information content (AvgIpc) is 2.15. The fourth-order valence-electron chi connectivity index (χ4n) is 1.65. The molecule has 0 aromatic carbocycles. The van der Waals surface area contributed by atoms with E-state index < -0.39 is 0 Å². The number of likely N-dealkylation sites (tertiary alicyclic amines) is 1. The monoisotopic (exact) mass is 201 g/mol. The molecule has 0 radical (unpaired) electrons. The lowest BCUT2D eigenvalue weighted by molar-refractivity contribution is -0.0312. The molecule has 84 valence electrons. The van der Waals surface area contributed by atoms with Crippen molar-refractivity contribution < 1.29 is 9.47 Å². The lowest BCUT2D eigenvalue weighted by Crippen LogP contribution is -2.34. The zero-order valence-corrected chi connectivity index (χ0v) is 9.66. The molecule has 3 heteroatoms. The summed E-state index contributed by atoms with van der Waals surface area (Å²) in [4.78, 5) is 2.35. The maximum Gasteiger partial charge on any atom is 0.0704 e. The van der Waals surface area contributed by atoms with E-state index in [2.05, 4.69) is 25.8 Å². The zero-order chi connectivity index (χ0) is 10.4. The quantitative estimate of drug-likeness (QED) is 0.630. The molecular formula is C11H23NO2. The first kappa shape index (κ1) is 12.0. The molecule has 0 bridgehead atoms. The predicted molar refractivity (Wildman–Crippen MR) is 57.6 cm³/mol. The smallest absolute Gasteiger partial charge is 0.0704 e. The summed E-state index contributed by atoms with van der Waals surface area (Å²) >= 11 is 0. The molecule has 0 spiro atoms. The van der Waals surface area contributed by atoms with E-state index in [0.717, 1.165) is 39.1 Å². The van der Waals surface area contributed by atoms with Gasteiger partial charge in [-0.3, -0.25) is 0 Å². The molecule has 1 heterocycles. The minimum atomic E-state index is 0.316. The summed E-state index contributed by atoms with van der Waals surface area (Å²) in [7, 11) is 2.16. The van der Waals surface area contributed by atoms with E-state index in [1.165, 1.54) is 0 Å². The van der Waals surface area contributed by atoms with Gasteiger partial charge < -0.3 is 14.4 Å². The molecule has 0 unspecified atom stereocenters. The highest BCUT2D eigenvalue weighted by Gasteiger charge is 2.16. The van der Waals surface area contributed by atoms with Crippen LogP contribution >= 0.6 is 0 Å². The number of piperidine rings is 1.